The molecule has 19 heavy (non-hydrogen) atoms. The van der Waals surface area contributed by atoms with E-state index in [1.807, 2.05) is 13.8 Å². The first-order chi connectivity index (χ1) is 9.02. The molecular weight excluding hydrogens is 267 g/mol. The predicted octanol–water partition coefficient (Wildman–Crippen LogP) is 3.58. The van der Waals surface area contributed by atoms with Crippen molar-refractivity contribution in [2.75, 3.05) is 0 Å². The second-order valence-electron chi connectivity index (χ2n) is 4.76. The maximum absolute atomic E-state index is 14.5. The Balaban J connectivity index is 2.46. The van der Waals surface area contributed by atoms with Gasteiger partial charge < -0.3 is 0 Å². The number of carbonyl (C=O) groups excluding carboxylic acids is 1. The summed E-state index contributed by atoms with van der Waals surface area (Å²) < 4.78 is 14.5. The third-order valence-corrected chi connectivity index (χ3v) is 3.60. The van der Waals surface area contributed by atoms with Gasteiger partial charge in [0.05, 0.1) is 5.71 Å². The Kier molecular flexibility index (Phi) is 4.20. The van der Waals surface area contributed by atoms with Gasteiger partial charge in [-0.1, -0.05) is 31.5 Å². The standard InChI is InChI=1S/C14H16ClFN2O/c1-3-9-4-5-10(15)7-11(13(9)16)14-8(2)6-12(19)17-18-14/h5,7-8H,3-4,6H2,1-2H3,(H,17,19). The molecule has 0 bridgehead atoms. The van der Waals surface area contributed by atoms with Crippen LogP contribution < -0.4 is 5.43 Å². The van der Waals surface area contributed by atoms with Crippen LogP contribution in [0.3, 0.4) is 0 Å². The van der Waals surface area contributed by atoms with E-state index in [1.54, 1.807) is 12.2 Å². The lowest BCUT2D eigenvalue weighted by atomic mass is 9.91. The van der Waals surface area contributed by atoms with Gasteiger partial charge in [0.15, 0.2) is 0 Å². The molecule has 1 aliphatic heterocycles. The van der Waals surface area contributed by atoms with E-state index in [0.29, 0.717) is 41.2 Å². The molecule has 1 N–H and O–H groups in total. The minimum Gasteiger partial charge on any atom is -0.273 e. The van der Waals surface area contributed by atoms with E-state index in [9.17, 15) is 9.18 Å². The normalized spacial score (nSPS) is 24.3. The molecule has 1 aliphatic carbocycles. The lowest BCUT2D eigenvalue weighted by molar-refractivity contribution is -0.121. The molecule has 1 atom stereocenters. The molecule has 0 saturated heterocycles. The summed E-state index contributed by atoms with van der Waals surface area (Å²) >= 11 is 6.05. The first-order valence-electron chi connectivity index (χ1n) is 6.35. The lowest BCUT2D eigenvalue weighted by Crippen LogP contribution is -2.32. The molecule has 0 fully saturated rings. The van der Waals surface area contributed by atoms with Crippen LogP contribution in [-0.2, 0) is 4.79 Å². The second kappa shape index (κ2) is 5.70. The van der Waals surface area contributed by atoms with Crippen molar-refractivity contribution in [3.05, 3.63) is 34.2 Å². The average Bonchev–Trinajstić information content (AvgIpc) is 2.50. The number of nitrogens with one attached hydrogen (secondary N) is 1. The zero-order valence-corrected chi connectivity index (χ0v) is 11.7. The minimum atomic E-state index is -0.267. The Bertz CT molecular complexity index is 532. The molecule has 0 radical (unpaired) electrons. The highest BCUT2D eigenvalue weighted by Crippen LogP contribution is 2.31. The average molecular weight is 283 g/mol. The van der Waals surface area contributed by atoms with Crippen LogP contribution in [0.4, 0.5) is 4.39 Å². The highest BCUT2D eigenvalue weighted by molar-refractivity contribution is 6.31. The van der Waals surface area contributed by atoms with Crippen molar-refractivity contribution in [2.45, 2.75) is 33.1 Å². The first-order valence-corrected chi connectivity index (χ1v) is 6.72. The number of hydrazone groups is 1. The fraction of sp³-hybridized carbons (Fsp3) is 0.429. The zero-order chi connectivity index (χ0) is 14.0. The first kappa shape index (κ1) is 14.0. The number of allylic oxidation sites excluding steroid dienone is 6. The van der Waals surface area contributed by atoms with Gasteiger partial charge in [-0.3, -0.25) is 4.79 Å². The predicted molar refractivity (Wildman–Crippen MR) is 74.4 cm³/mol. The molecule has 0 spiro atoms. The van der Waals surface area contributed by atoms with E-state index in [0.717, 1.165) is 0 Å². The van der Waals surface area contributed by atoms with Crippen LogP contribution in [0.25, 0.3) is 0 Å². The molecule has 0 aromatic carbocycles. The number of amides is 1. The van der Waals surface area contributed by atoms with Crippen LogP contribution in [0.2, 0.25) is 0 Å². The van der Waals surface area contributed by atoms with Crippen molar-refractivity contribution in [2.24, 2.45) is 11.0 Å². The van der Waals surface area contributed by atoms with Crippen LogP contribution in [0.5, 0.6) is 0 Å². The molecule has 0 aromatic rings. The van der Waals surface area contributed by atoms with Crippen molar-refractivity contribution in [3.63, 3.8) is 0 Å². The van der Waals surface area contributed by atoms with Crippen LogP contribution >= 0.6 is 11.6 Å². The molecule has 2 rings (SSSR count). The number of halogens is 2. The third kappa shape index (κ3) is 2.95. The molecule has 0 aromatic heterocycles. The minimum absolute atomic E-state index is 0.119. The van der Waals surface area contributed by atoms with Crippen LogP contribution in [0.1, 0.15) is 33.1 Å². The van der Waals surface area contributed by atoms with E-state index in [1.165, 1.54) is 0 Å². The highest BCUT2D eigenvalue weighted by Gasteiger charge is 2.27. The Morgan fingerprint density at radius 3 is 2.95 bits per heavy atom. The van der Waals surface area contributed by atoms with Gasteiger partial charge in [0, 0.05) is 22.9 Å². The van der Waals surface area contributed by atoms with Gasteiger partial charge in [0.25, 0.3) is 0 Å². The van der Waals surface area contributed by atoms with Gasteiger partial charge in [-0.25, -0.2) is 9.82 Å². The summed E-state index contributed by atoms with van der Waals surface area (Å²) in [5.74, 6) is -0.533. The molecular formula is C14H16ClFN2O. The number of carbonyl (C=O) groups is 1. The number of hydrogen-bond acceptors (Lipinski definition) is 2. The topological polar surface area (TPSA) is 41.5 Å². The van der Waals surface area contributed by atoms with Crippen molar-refractivity contribution in [3.8, 4) is 0 Å². The van der Waals surface area contributed by atoms with E-state index in [-0.39, 0.29) is 17.7 Å². The molecule has 0 saturated carbocycles. The van der Waals surface area contributed by atoms with Gasteiger partial charge in [0.2, 0.25) is 5.91 Å². The maximum Gasteiger partial charge on any atom is 0.240 e. The van der Waals surface area contributed by atoms with E-state index < -0.39 is 0 Å². The number of hydrogen-bond donors (Lipinski definition) is 1. The van der Waals surface area contributed by atoms with Crippen LogP contribution in [0, 0.1) is 5.92 Å². The van der Waals surface area contributed by atoms with Crippen molar-refractivity contribution in [1.82, 2.24) is 5.43 Å². The van der Waals surface area contributed by atoms with Gasteiger partial charge >= 0.3 is 0 Å². The molecule has 1 unspecified atom stereocenters. The fourth-order valence-corrected chi connectivity index (χ4v) is 2.41. The van der Waals surface area contributed by atoms with Gasteiger partial charge in [0.1, 0.15) is 5.83 Å². The second-order valence-corrected chi connectivity index (χ2v) is 5.20. The summed E-state index contributed by atoms with van der Waals surface area (Å²) in [6.07, 6.45) is 4.82. The third-order valence-electron chi connectivity index (χ3n) is 3.33. The van der Waals surface area contributed by atoms with E-state index in [4.69, 9.17) is 11.6 Å². The zero-order valence-electron chi connectivity index (χ0n) is 11.0. The SMILES string of the molecule is CCC1=C(F)C(C2=NNC(=O)CC2C)=CC(Cl)=CC1. The molecule has 102 valence electrons. The Labute approximate surface area is 116 Å². The molecule has 5 heteroatoms. The van der Waals surface area contributed by atoms with Crippen molar-refractivity contribution < 1.29 is 9.18 Å². The molecule has 1 amide bonds. The largest absolute Gasteiger partial charge is 0.273 e. The summed E-state index contributed by atoms with van der Waals surface area (Å²) in [7, 11) is 0. The highest BCUT2D eigenvalue weighted by atomic mass is 35.5. The van der Waals surface area contributed by atoms with E-state index >= 15 is 0 Å². The quantitative estimate of drug-likeness (QED) is 0.826. The smallest absolute Gasteiger partial charge is 0.240 e. The summed E-state index contributed by atoms with van der Waals surface area (Å²) in [6, 6.07) is 0. The van der Waals surface area contributed by atoms with Crippen LogP contribution in [0.15, 0.2) is 39.3 Å². The summed E-state index contributed by atoms with van der Waals surface area (Å²) in [6.45, 7) is 3.77. The summed E-state index contributed by atoms with van der Waals surface area (Å²) in [4.78, 5) is 11.3. The Morgan fingerprint density at radius 2 is 2.32 bits per heavy atom. The lowest BCUT2D eigenvalue weighted by Gasteiger charge is -2.21. The molecule has 1 heterocycles. The fourth-order valence-electron chi connectivity index (χ4n) is 2.23. The number of rotatable bonds is 2. The van der Waals surface area contributed by atoms with Crippen molar-refractivity contribution in [1.29, 1.82) is 0 Å². The maximum atomic E-state index is 14.5. The summed E-state index contributed by atoms with van der Waals surface area (Å²) in [5.41, 5.74) is 4.05. The Morgan fingerprint density at radius 1 is 1.58 bits per heavy atom. The monoisotopic (exact) mass is 282 g/mol. The van der Waals surface area contributed by atoms with Crippen LogP contribution in [-0.4, -0.2) is 11.6 Å². The number of nitrogens with zero attached hydrogens (tertiary/aromatic N) is 1. The van der Waals surface area contributed by atoms with Gasteiger partial charge in [-0.15, -0.1) is 0 Å². The molecule has 2 aliphatic rings. The Hall–Kier alpha value is -1.42. The van der Waals surface area contributed by atoms with E-state index in [2.05, 4.69) is 10.5 Å². The van der Waals surface area contributed by atoms with Crippen molar-refractivity contribution >= 4 is 23.2 Å². The molecule has 3 nitrogen and oxygen atoms in total. The van der Waals surface area contributed by atoms with Gasteiger partial charge in [-0.2, -0.15) is 5.10 Å². The van der Waals surface area contributed by atoms with Gasteiger partial charge in [-0.05, 0) is 24.5 Å². The summed E-state index contributed by atoms with van der Waals surface area (Å²) in [5, 5.41) is 4.50.